The second-order valence-corrected chi connectivity index (χ2v) is 8.96. The zero-order valence-corrected chi connectivity index (χ0v) is 21.2. The van der Waals surface area contributed by atoms with Crippen LogP contribution in [0.2, 0.25) is 0 Å². The van der Waals surface area contributed by atoms with E-state index in [0.29, 0.717) is 19.6 Å². The summed E-state index contributed by atoms with van der Waals surface area (Å²) < 4.78 is 13.5. The van der Waals surface area contributed by atoms with Crippen LogP contribution < -0.4 is 14.8 Å². The van der Waals surface area contributed by atoms with Crippen LogP contribution in [0.3, 0.4) is 0 Å². The Morgan fingerprint density at radius 2 is 1.75 bits per heavy atom. The number of carbonyl (C=O) groups excluding carboxylic acids is 1. The van der Waals surface area contributed by atoms with Crippen molar-refractivity contribution >= 4 is 16.9 Å². The second kappa shape index (κ2) is 12.8. The number of imidazole rings is 1. The Labute approximate surface area is 213 Å². The molecule has 0 radical (unpaired) electrons. The summed E-state index contributed by atoms with van der Waals surface area (Å²) in [6, 6.07) is 24.0. The summed E-state index contributed by atoms with van der Waals surface area (Å²) in [6.07, 6.45) is 4.02. The number of nitrogens with one attached hydrogen (secondary N) is 1. The van der Waals surface area contributed by atoms with Crippen LogP contribution in [0.4, 0.5) is 0 Å². The maximum Gasteiger partial charge on any atom is 0.224 e. The van der Waals surface area contributed by atoms with E-state index in [4.69, 9.17) is 14.5 Å². The number of para-hydroxylation sites is 2. The smallest absolute Gasteiger partial charge is 0.224 e. The lowest BCUT2D eigenvalue weighted by Crippen LogP contribution is -2.26. The molecule has 188 valence electrons. The average molecular weight is 486 g/mol. The Kier molecular flexibility index (Phi) is 8.98. The summed E-state index contributed by atoms with van der Waals surface area (Å²) >= 11 is 0. The van der Waals surface area contributed by atoms with Crippen LogP contribution in [0.15, 0.2) is 72.8 Å². The van der Waals surface area contributed by atoms with Gasteiger partial charge >= 0.3 is 0 Å². The molecule has 6 nitrogen and oxygen atoms in total. The molecule has 1 N–H and O–H groups in total. The summed E-state index contributed by atoms with van der Waals surface area (Å²) in [7, 11) is 1.66. The number of nitrogens with zero attached hydrogens (tertiary/aromatic N) is 2. The zero-order chi connectivity index (χ0) is 25.2. The molecule has 0 saturated heterocycles. The summed E-state index contributed by atoms with van der Waals surface area (Å²) in [5.41, 5.74) is 4.40. The molecule has 0 aliphatic rings. The van der Waals surface area contributed by atoms with E-state index in [1.54, 1.807) is 7.11 Å². The molecule has 0 atom stereocenters. The van der Waals surface area contributed by atoms with Crippen molar-refractivity contribution in [3.63, 3.8) is 0 Å². The lowest BCUT2D eigenvalue weighted by atomic mass is 10.1. The van der Waals surface area contributed by atoms with Crippen molar-refractivity contribution in [2.24, 2.45) is 0 Å². The molecular weight excluding hydrogens is 450 g/mol. The Bertz CT molecular complexity index is 1280. The van der Waals surface area contributed by atoms with Gasteiger partial charge in [-0.15, -0.1) is 0 Å². The summed E-state index contributed by atoms with van der Waals surface area (Å²) in [4.78, 5) is 17.3. The topological polar surface area (TPSA) is 65.4 Å². The fraction of sp³-hybridized carbons (Fsp3) is 0.333. The van der Waals surface area contributed by atoms with E-state index in [9.17, 15) is 4.79 Å². The predicted molar refractivity (Wildman–Crippen MR) is 144 cm³/mol. The largest absolute Gasteiger partial charge is 0.497 e. The van der Waals surface area contributed by atoms with Gasteiger partial charge in [-0.25, -0.2) is 4.98 Å². The number of carbonyl (C=O) groups is 1. The van der Waals surface area contributed by atoms with Crippen LogP contribution in [0.5, 0.6) is 11.5 Å². The van der Waals surface area contributed by atoms with Crippen LogP contribution in [0.25, 0.3) is 11.0 Å². The van der Waals surface area contributed by atoms with E-state index < -0.39 is 0 Å². The minimum Gasteiger partial charge on any atom is -0.497 e. The van der Waals surface area contributed by atoms with Gasteiger partial charge in [-0.05, 0) is 61.6 Å². The number of ether oxygens (including phenoxy) is 2. The lowest BCUT2D eigenvalue weighted by molar-refractivity contribution is -0.120. The van der Waals surface area contributed by atoms with Gasteiger partial charge in [0.2, 0.25) is 5.91 Å². The van der Waals surface area contributed by atoms with E-state index in [-0.39, 0.29) is 5.91 Å². The molecule has 0 fully saturated rings. The molecule has 1 aromatic heterocycles. The third kappa shape index (κ3) is 6.87. The second-order valence-electron chi connectivity index (χ2n) is 8.96. The first-order chi connectivity index (χ1) is 17.6. The third-order valence-electron chi connectivity index (χ3n) is 6.33. The van der Waals surface area contributed by atoms with Gasteiger partial charge in [-0.1, -0.05) is 42.5 Å². The van der Waals surface area contributed by atoms with Crippen LogP contribution in [0, 0.1) is 6.92 Å². The lowest BCUT2D eigenvalue weighted by Gasteiger charge is -2.11. The molecular formula is C30H35N3O3. The highest BCUT2D eigenvalue weighted by molar-refractivity contribution is 5.79. The normalized spacial score (nSPS) is 10.9. The van der Waals surface area contributed by atoms with Crippen molar-refractivity contribution in [2.75, 3.05) is 20.3 Å². The molecule has 0 unspecified atom stereocenters. The average Bonchev–Trinajstić information content (AvgIpc) is 3.25. The number of hydrogen-bond acceptors (Lipinski definition) is 4. The van der Waals surface area contributed by atoms with Crippen molar-refractivity contribution in [1.29, 1.82) is 0 Å². The van der Waals surface area contributed by atoms with Crippen molar-refractivity contribution in [2.45, 2.75) is 45.6 Å². The summed E-state index contributed by atoms with van der Waals surface area (Å²) in [6.45, 7) is 4.22. The standard InChI is InChI=1S/C30H35N3O3/c1-23-11-3-4-12-24(23)21-30(34)31-18-10-17-29-32-27-15-5-6-16-28(27)33(29)19-7-8-20-36-26-14-9-13-25(22-26)35-2/h3-6,9,11-16,22H,7-8,10,17-21H2,1-2H3,(H,31,34). The van der Waals surface area contributed by atoms with Gasteiger partial charge in [0.1, 0.15) is 17.3 Å². The van der Waals surface area contributed by atoms with Gasteiger partial charge in [0.05, 0.1) is 31.2 Å². The molecule has 36 heavy (non-hydrogen) atoms. The summed E-state index contributed by atoms with van der Waals surface area (Å²) in [5.74, 6) is 2.76. The number of hydrogen-bond donors (Lipinski definition) is 1. The van der Waals surface area contributed by atoms with Crippen molar-refractivity contribution in [3.8, 4) is 11.5 Å². The Balaban J connectivity index is 1.26. The summed E-state index contributed by atoms with van der Waals surface area (Å²) in [5, 5.41) is 3.06. The molecule has 0 bridgehead atoms. The fourth-order valence-electron chi connectivity index (χ4n) is 4.34. The number of fused-ring (bicyclic) bond motifs is 1. The Hall–Kier alpha value is -3.80. The van der Waals surface area contributed by atoms with Crippen molar-refractivity contribution < 1.29 is 14.3 Å². The van der Waals surface area contributed by atoms with E-state index >= 15 is 0 Å². The molecule has 0 spiro atoms. The quantitative estimate of drug-likeness (QED) is 0.254. The fourth-order valence-corrected chi connectivity index (χ4v) is 4.34. The van der Waals surface area contributed by atoms with Gasteiger partial charge in [0.25, 0.3) is 0 Å². The van der Waals surface area contributed by atoms with E-state index in [0.717, 1.165) is 71.7 Å². The molecule has 6 heteroatoms. The van der Waals surface area contributed by atoms with E-state index in [1.807, 2.05) is 61.5 Å². The number of methoxy groups -OCH3 is 1. The van der Waals surface area contributed by atoms with Gasteiger partial charge in [0, 0.05) is 25.6 Å². The Morgan fingerprint density at radius 3 is 2.61 bits per heavy atom. The van der Waals surface area contributed by atoms with Gasteiger partial charge in [0.15, 0.2) is 0 Å². The van der Waals surface area contributed by atoms with Crippen molar-refractivity contribution in [3.05, 3.63) is 89.7 Å². The third-order valence-corrected chi connectivity index (χ3v) is 6.33. The molecule has 1 heterocycles. The molecule has 4 rings (SSSR count). The van der Waals surface area contributed by atoms with E-state index in [2.05, 4.69) is 28.1 Å². The number of aromatic nitrogens is 2. The van der Waals surface area contributed by atoms with Crippen molar-refractivity contribution in [1.82, 2.24) is 14.9 Å². The zero-order valence-electron chi connectivity index (χ0n) is 21.2. The molecule has 0 saturated carbocycles. The molecule has 0 aliphatic heterocycles. The molecule has 1 amide bonds. The first-order valence-electron chi connectivity index (χ1n) is 12.7. The van der Waals surface area contributed by atoms with Gasteiger partial charge in [-0.3, -0.25) is 4.79 Å². The van der Waals surface area contributed by atoms with Crippen LogP contribution >= 0.6 is 0 Å². The van der Waals surface area contributed by atoms with Crippen LogP contribution in [-0.4, -0.2) is 35.7 Å². The molecule has 3 aromatic carbocycles. The maximum absolute atomic E-state index is 12.4. The highest BCUT2D eigenvalue weighted by atomic mass is 16.5. The van der Waals surface area contributed by atoms with E-state index in [1.165, 1.54) is 0 Å². The predicted octanol–water partition coefficient (Wildman–Crippen LogP) is 5.50. The number of amides is 1. The first-order valence-corrected chi connectivity index (χ1v) is 12.7. The van der Waals surface area contributed by atoms with Crippen LogP contribution in [0.1, 0.15) is 36.2 Å². The number of aryl methyl sites for hydroxylation is 3. The van der Waals surface area contributed by atoms with Crippen LogP contribution in [-0.2, 0) is 24.2 Å². The Morgan fingerprint density at radius 1 is 0.944 bits per heavy atom. The minimum atomic E-state index is 0.0637. The number of benzene rings is 3. The SMILES string of the molecule is COc1cccc(OCCCCn2c(CCCNC(=O)Cc3ccccc3C)nc3ccccc32)c1. The monoisotopic (exact) mass is 485 g/mol. The first kappa shape index (κ1) is 25.3. The minimum absolute atomic E-state index is 0.0637. The molecule has 0 aliphatic carbocycles. The van der Waals surface area contributed by atoms with Gasteiger partial charge < -0.3 is 19.4 Å². The highest BCUT2D eigenvalue weighted by Gasteiger charge is 2.11. The number of rotatable bonds is 13. The molecule has 4 aromatic rings. The highest BCUT2D eigenvalue weighted by Crippen LogP contribution is 2.20. The number of unbranched alkanes of at least 4 members (excludes halogenated alkanes) is 1. The van der Waals surface area contributed by atoms with Gasteiger partial charge in [-0.2, -0.15) is 0 Å². The maximum atomic E-state index is 12.4.